The van der Waals surface area contributed by atoms with Gasteiger partial charge in [0.05, 0.1) is 12.6 Å². The maximum absolute atomic E-state index is 13.2. The average Bonchev–Trinajstić information content (AvgIpc) is 3.24. The molecule has 0 unspecified atom stereocenters. The van der Waals surface area contributed by atoms with Crippen molar-refractivity contribution in [3.05, 3.63) is 0 Å². The van der Waals surface area contributed by atoms with Gasteiger partial charge in [0, 0.05) is 13.2 Å². The molecule has 0 radical (unpaired) electrons. The van der Waals surface area contributed by atoms with Gasteiger partial charge in [-0.05, 0) is 32.1 Å². The number of hydrogen-bond acceptors (Lipinski definition) is 7. The Labute approximate surface area is 205 Å². The topological polar surface area (TPSA) is 150 Å². The predicted molar refractivity (Wildman–Crippen MR) is 137 cm³/mol. The van der Waals surface area contributed by atoms with Crippen LogP contribution in [0.3, 0.4) is 0 Å². The predicted octanol–water partition coefficient (Wildman–Crippen LogP) is 3.30. The van der Waals surface area contributed by atoms with Gasteiger partial charge < -0.3 is 32.0 Å². The lowest BCUT2D eigenvalue weighted by Crippen LogP contribution is -2.64. The van der Waals surface area contributed by atoms with E-state index in [-0.39, 0.29) is 18.0 Å². The van der Waals surface area contributed by atoms with E-state index in [4.69, 9.17) is 26.7 Å². The van der Waals surface area contributed by atoms with Crippen LogP contribution < -0.4 is 22.5 Å². The van der Waals surface area contributed by atoms with Crippen molar-refractivity contribution in [3.8, 4) is 0 Å². The Morgan fingerprint density at radius 1 is 1.09 bits per heavy atom. The van der Waals surface area contributed by atoms with Crippen molar-refractivity contribution in [2.75, 3.05) is 19.8 Å². The highest BCUT2D eigenvalue weighted by Crippen LogP contribution is 2.38. The average molecular weight is 481 g/mol. The fraction of sp³-hybridized carbons (Fsp3) is 0.880. The van der Waals surface area contributed by atoms with E-state index in [0.717, 1.165) is 64.2 Å². The summed E-state index contributed by atoms with van der Waals surface area (Å²) < 4.78 is 11.8. The molecular weight excluding hydrogens is 432 g/mol. The van der Waals surface area contributed by atoms with E-state index in [0.29, 0.717) is 25.7 Å². The molecule has 196 valence electrons. The molecule has 0 amide bonds. The van der Waals surface area contributed by atoms with Crippen molar-refractivity contribution in [2.24, 2.45) is 33.1 Å². The van der Waals surface area contributed by atoms with Crippen molar-refractivity contribution < 1.29 is 14.3 Å². The molecule has 0 aromatic rings. The Balaban J connectivity index is 1.80. The Hall–Kier alpha value is -2.03. The number of unbranched alkanes of at least 4 members (excludes halogenated alkanes) is 10. The zero-order chi connectivity index (χ0) is 24.7. The zero-order valence-corrected chi connectivity index (χ0v) is 21.2. The van der Waals surface area contributed by atoms with E-state index in [1.165, 1.54) is 32.1 Å². The van der Waals surface area contributed by atoms with Crippen LogP contribution in [-0.4, -0.2) is 49.4 Å². The molecular formula is C25H48N6O3. The summed E-state index contributed by atoms with van der Waals surface area (Å²) >= 11 is 0. The molecule has 0 saturated carbocycles. The van der Waals surface area contributed by atoms with Crippen LogP contribution >= 0.6 is 0 Å². The Morgan fingerprint density at radius 3 is 2.44 bits per heavy atom. The minimum Gasteiger partial charge on any atom is -0.465 e. The fourth-order valence-corrected chi connectivity index (χ4v) is 5.00. The van der Waals surface area contributed by atoms with Crippen molar-refractivity contribution >= 4 is 17.9 Å². The van der Waals surface area contributed by atoms with Gasteiger partial charge in [-0.15, -0.1) is 0 Å². The molecule has 2 aliphatic heterocycles. The first-order chi connectivity index (χ1) is 16.5. The number of rotatable bonds is 17. The minimum absolute atomic E-state index is 0.143. The van der Waals surface area contributed by atoms with Crippen LogP contribution in [0, 0.1) is 5.92 Å². The second-order valence-corrected chi connectivity index (χ2v) is 9.68. The lowest BCUT2D eigenvalue weighted by Gasteiger charge is -2.42. The fourth-order valence-electron chi connectivity index (χ4n) is 5.00. The van der Waals surface area contributed by atoms with E-state index in [9.17, 15) is 4.79 Å². The molecule has 2 heterocycles. The number of nitrogens with two attached hydrogens (primary N) is 3. The molecule has 9 nitrogen and oxygen atoms in total. The second kappa shape index (κ2) is 15.8. The first-order valence-electron chi connectivity index (χ1n) is 13.5. The van der Waals surface area contributed by atoms with Crippen molar-refractivity contribution in [3.63, 3.8) is 0 Å². The van der Waals surface area contributed by atoms with E-state index in [1.54, 1.807) is 0 Å². The first-order valence-corrected chi connectivity index (χ1v) is 13.5. The maximum Gasteiger partial charge on any atom is 0.316 e. The van der Waals surface area contributed by atoms with Crippen LogP contribution in [0.5, 0.6) is 0 Å². The monoisotopic (exact) mass is 480 g/mol. The summed E-state index contributed by atoms with van der Waals surface area (Å²) in [6.45, 7) is 3.94. The highest BCUT2D eigenvalue weighted by atomic mass is 16.5. The first kappa shape index (κ1) is 28.2. The normalized spacial score (nSPS) is 24.0. The van der Waals surface area contributed by atoms with Crippen molar-refractivity contribution in [1.29, 1.82) is 0 Å². The van der Waals surface area contributed by atoms with E-state index >= 15 is 0 Å². The van der Waals surface area contributed by atoms with Crippen LogP contribution in [0.2, 0.25) is 0 Å². The molecule has 34 heavy (non-hydrogen) atoms. The van der Waals surface area contributed by atoms with E-state index in [2.05, 4.69) is 22.2 Å². The Morgan fingerprint density at radius 2 is 1.76 bits per heavy atom. The number of nitrogens with zero attached hydrogens (tertiary/aromatic N) is 2. The number of nitrogens with one attached hydrogen (secondary N) is 1. The van der Waals surface area contributed by atoms with Crippen molar-refractivity contribution in [1.82, 2.24) is 5.32 Å². The molecule has 9 heteroatoms. The largest absolute Gasteiger partial charge is 0.465 e. The minimum atomic E-state index is -0.778. The van der Waals surface area contributed by atoms with Gasteiger partial charge in [0.25, 0.3) is 0 Å². The highest BCUT2D eigenvalue weighted by Gasteiger charge is 2.53. The third kappa shape index (κ3) is 9.68. The molecule has 0 aliphatic carbocycles. The van der Waals surface area contributed by atoms with Crippen molar-refractivity contribution in [2.45, 2.75) is 115 Å². The van der Waals surface area contributed by atoms with Gasteiger partial charge in [-0.3, -0.25) is 9.79 Å². The van der Waals surface area contributed by atoms with Gasteiger partial charge in [-0.2, -0.15) is 0 Å². The summed E-state index contributed by atoms with van der Waals surface area (Å²) in [5, 5.41) is 3.19. The van der Waals surface area contributed by atoms with Gasteiger partial charge in [-0.1, -0.05) is 71.1 Å². The summed E-state index contributed by atoms with van der Waals surface area (Å²) in [4.78, 5) is 21.8. The zero-order valence-electron chi connectivity index (χ0n) is 21.2. The number of aliphatic imine (C=N–C) groups is 2. The van der Waals surface area contributed by atoms with E-state index in [1.807, 2.05) is 0 Å². The molecule has 2 rings (SSSR count). The van der Waals surface area contributed by atoms with Gasteiger partial charge in [0.2, 0.25) is 0 Å². The quantitative estimate of drug-likeness (QED) is 0.108. The lowest BCUT2D eigenvalue weighted by molar-refractivity contribution is -0.165. The van der Waals surface area contributed by atoms with Gasteiger partial charge >= 0.3 is 5.97 Å². The van der Waals surface area contributed by atoms with Crippen LogP contribution in [-0.2, 0) is 14.3 Å². The lowest BCUT2D eigenvalue weighted by atomic mass is 9.82. The second-order valence-electron chi connectivity index (χ2n) is 9.68. The molecule has 1 fully saturated rings. The molecule has 7 N–H and O–H groups in total. The number of carbonyl (C=O) groups excluding carboxylic acids is 1. The SMILES string of the molecule is CCCCCCCCC[C@H]1N=C(N)N[C@@]2(CCCO2)[C@H]1C(=O)OCCCCCCCN=C(N)N. The molecule has 0 bridgehead atoms. The summed E-state index contributed by atoms with van der Waals surface area (Å²) in [7, 11) is 0. The van der Waals surface area contributed by atoms with E-state index < -0.39 is 11.6 Å². The molecule has 1 spiro atoms. The van der Waals surface area contributed by atoms with Crippen LogP contribution in [0.4, 0.5) is 0 Å². The highest BCUT2D eigenvalue weighted by molar-refractivity contribution is 5.84. The number of guanidine groups is 2. The molecule has 0 aromatic heterocycles. The van der Waals surface area contributed by atoms with Crippen LogP contribution in [0.15, 0.2) is 9.98 Å². The molecule has 0 aromatic carbocycles. The molecule has 2 aliphatic rings. The molecule has 1 saturated heterocycles. The van der Waals surface area contributed by atoms with Gasteiger partial charge in [0.15, 0.2) is 17.6 Å². The summed E-state index contributed by atoms with van der Waals surface area (Å²) in [6, 6.07) is -0.196. The molecule has 3 atom stereocenters. The third-order valence-corrected chi connectivity index (χ3v) is 6.78. The van der Waals surface area contributed by atoms with Gasteiger partial charge in [-0.25, -0.2) is 4.99 Å². The summed E-state index contributed by atoms with van der Waals surface area (Å²) in [5.74, 6) is -0.155. The third-order valence-electron chi connectivity index (χ3n) is 6.78. The summed E-state index contributed by atoms with van der Waals surface area (Å²) in [6.07, 6.45) is 16.0. The van der Waals surface area contributed by atoms with Gasteiger partial charge in [0.1, 0.15) is 5.92 Å². The van der Waals surface area contributed by atoms with Crippen LogP contribution in [0.25, 0.3) is 0 Å². The Kier molecular flexibility index (Phi) is 13.1. The standard InChI is InChI=1S/C25H48N6O3/c1-2-3-4-5-6-8-11-15-20-21(25(16-14-19-34-25)31-24(28)30-20)22(32)33-18-13-10-7-9-12-17-29-23(26)27/h20-21H,2-19H2,1H3,(H4,26,27,29)(H3,28,30,31)/t20-,21-,25-/m1/s1. The number of ether oxygens (including phenoxy) is 2. The van der Waals surface area contributed by atoms with Crippen LogP contribution in [0.1, 0.15) is 103 Å². The number of hydrogen-bond donors (Lipinski definition) is 4. The smallest absolute Gasteiger partial charge is 0.316 e. The maximum atomic E-state index is 13.2. The number of esters is 1. The summed E-state index contributed by atoms with van der Waals surface area (Å²) in [5.41, 5.74) is 16.0. The number of carbonyl (C=O) groups is 1. The Bertz CT molecular complexity index is 645.